The molecule has 0 aromatic heterocycles. The molecule has 0 aromatic carbocycles. The van der Waals surface area contributed by atoms with Gasteiger partial charge in [-0.1, -0.05) is 6.58 Å². The molecule has 0 saturated heterocycles. The molecule has 0 aliphatic carbocycles. The van der Waals surface area contributed by atoms with Crippen molar-refractivity contribution >= 4 is 0 Å². The lowest BCUT2D eigenvalue weighted by Crippen LogP contribution is -2.76. The van der Waals surface area contributed by atoms with E-state index in [0.29, 0.717) is 6.54 Å². The van der Waals surface area contributed by atoms with Crippen LogP contribution in [0.2, 0.25) is 0 Å². The van der Waals surface area contributed by atoms with Gasteiger partial charge in [0.15, 0.2) is 0 Å². The highest BCUT2D eigenvalue weighted by Crippen LogP contribution is 1.39. The number of hydrogen-bond acceptors (Lipinski definition) is 1. The van der Waals surface area contributed by atoms with E-state index in [1.165, 1.54) is 0 Å². The van der Waals surface area contributed by atoms with Gasteiger partial charge in [-0.25, -0.2) is 0 Å². The van der Waals surface area contributed by atoms with Gasteiger partial charge in [-0.3, -0.25) is 0 Å². The van der Waals surface area contributed by atoms with Gasteiger partial charge in [-0.2, -0.15) is 0 Å². The zero-order chi connectivity index (χ0) is 4.12. The molecule has 0 spiro atoms. The molecular formula is C3H9NO2. The Bertz CT molecular complexity index is 30.0. The summed E-state index contributed by atoms with van der Waals surface area (Å²) in [6.45, 7) is 3.79. The van der Waals surface area contributed by atoms with E-state index < -0.39 is 0 Å². The van der Waals surface area contributed by atoms with Crippen molar-refractivity contribution in [2.75, 3.05) is 6.54 Å². The molecule has 4 N–H and O–H groups in total. The molecule has 0 rings (SSSR count). The maximum absolute atomic E-state index is 9.33. The van der Waals surface area contributed by atoms with Crippen LogP contribution in [0.5, 0.6) is 0 Å². The van der Waals surface area contributed by atoms with E-state index in [9.17, 15) is 5.21 Å². The first kappa shape index (κ1) is 9.15. The zero-order valence-corrected chi connectivity index (χ0v) is 3.48. The van der Waals surface area contributed by atoms with E-state index in [-0.39, 0.29) is 5.48 Å². The topological polar surface area (TPSA) is 71.2 Å². The summed E-state index contributed by atoms with van der Waals surface area (Å²) in [6, 6.07) is 0. The van der Waals surface area contributed by atoms with Gasteiger partial charge in [-0.05, 0) is 6.08 Å². The fourth-order valence-electron chi connectivity index (χ4n) is 0.0680. The van der Waals surface area contributed by atoms with E-state index in [4.69, 9.17) is 0 Å². The average Bonchev–Trinajstić information content (AvgIpc) is 1.41. The third-order valence-corrected chi connectivity index (χ3v) is 0.263. The van der Waals surface area contributed by atoms with Crippen molar-refractivity contribution in [2.24, 2.45) is 0 Å². The van der Waals surface area contributed by atoms with Gasteiger partial charge < -0.3 is 16.2 Å². The van der Waals surface area contributed by atoms with Crippen LogP contribution >= 0.6 is 0 Å². The Kier molecular flexibility index (Phi) is 13.5. The third kappa shape index (κ3) is 9.47. The lowest BCUT2D eigenvalue weighted by Gasteiger charge is -1.90. The van der Waals surface area contributed by atoms with Gasteiger partial charge in [-0.15, -0.1) is 0 Å². The van der Waals surface area contributed by atoms with Gasteiger partial charge in [0.25, 0.3) is 0 Å². The Morgan fingerprint density at radius 3 is 2.33 bits per heavy atom. The molecule has 3 nitrogen and oxygen atoms in total. The quantitative estimate of drug-likeness (QED) is 0.323. The molecule has 0 atom stereocenters. The zero-order valence-electron chi connectivity index (χ0n) is 3.48. The van der Waals surface area contributed by atoms with Crippen molar-refractivity contribution in [3.8, 4) is 0 Å². The summed E-state index contributed by atoms with van der Waals surface area (Å²) >= 11 is 0. The van der Waals surface area contributed by atoms with E-state index in [1.807, 2.05) is 0 Å². The molecule has 0 fully saturated rings. The van der Waals surface area contributed by atoms with Gasteiger partial charge in [0.05, 0.1) is 6.54 Å². The van der Waals surface area contributed by atoms with Crippen molar-refractivity contribution in [2.45, 2.75) is 0 Å². The number of nitrogens with two attached hydrogens (primary N) is 1. The molecule has 0 bridgehead atoms. The molecule has 0 heterocycles. The van der Waals surface area contributed by atoms with E-state index in [2.05, 4.69) is 6.58 Å². The van der Waals surface area contributed by atoms with Crippen LogP contribution in [0.4, 0.5) is 0 Å². The number of hydroxylamine groups is 1. The summed E-state index contributed by atoms with van der Waals surface area (Å²) < 4.78 is 0. The molecular weight excluding hydrogens is 82.0 g/mol. The van der Waals surface area contributed by atoms with Crippen molar-refractivity contribution in [1.82, 2.24) is 0 Å². The number of rotatable bonds is 2. The van der Waals surface area contributed by atoms with E-state index in [1.54, 1.807) is 6.08 Å². The first-order chi connectivity index (χ1) is 2.41. The highest BCUT2D eigenvalue weighted by molar-refractivity contribution is 4.60. The SMILES string of the molecule is C=CC[NH2+][O-].O. The molecule has 0 radical (unpaired) electrons. The van der Waals surface area contributed by atoms with Crippen LogP contribution in [-0.2, 0) is 0 Å². The van der Waals surface area contributed by atoms with Gasteiger partial charge in [0, 0.05) is 0 Å². The Morgan fingerprint density at radius 1 is 1.83 bits per heavy atom. The smallest absolute Gasteiger partial charge is 0.0937 e. The summed E-state index contributed by atoms with van der Waals surface area (Å²) in [4.78, 5) is 0. The monoisotopic (exact) mass is 91.1 g/mol. The second kappa shape index (κ2) is 8.82. The molecule has 0 aliphatic heterocycles. The minimum absolute atomic E-state index is 0. The van der Waals surface area contributed by atoms with Gasteiger partial charge in [0.1, 0.15) is 0 Å². The predicted octanol–water partition coefficient (Wildman–Crippen LogP) is -1.59. The highest BCUT2D eigenvalue weighted by Gasteiger charge is 1.55. The third-order valence-electron chi connectivity index (χ3n) is 0.263. The van der Waals surface area contributed by atoms with Crippen LogP contribution in [-0.4, -0.2) is 12.0 Å². The molecule has 38 valence electrons. The molecule has 0 amide bonds. The van der Waals surface area contributed by atoms with Crippen LogP contribution in [0.25, 0.3) is 0 Å². The van der Waals surface area contributed by atoms with Crippen LogP contribution in [0.1, 0.15) is 0 Å². The van der Waals surface area contributed by atoms with Crippen molar-refractivity contribution < 1.29 is 11.0 Å². The second-order valence-corrected chi connectivity index (χ2v) is 0.691. The molecule has 3 heteroatoms. The molecule has 0 aromatic rings. The summed E-state index contributed by atoms with van der Waals surface area (Å²) in [6.07, 6.45) is 1.56. The predicted molar refractivity (Wildman–Crippen MR) is 24.0 cm³/mol. The second-order valence-electron chi connectivity index (χ2n) is 0.691. The fourth-order valence-corrected chi connectivity index (χ4v) is 0.0680. The first-order valence-electron chi connectivity index (χ1n) is 1.46. The molecule has 0 aliphatic rings. The summed E-state index contributed by atoms with van der Waals surface area (Å²) in [5.41, 5.74) is 0.812. The maximum Gasteiger partial charge on any atom is 0.0937 e. The van der Waals surface area contributed by atoms with Gasteiger partial charge >= 0.3 is 0 Å². The van der Waals surface area contributed by atoms with Crippen molar-refractivity contribution in [1.29, 1.82) is 0 Å². The van der Waals surface area contributed by atoms with Crippen molar-refractivity contribution in [3.05, 3.63) is 17.9 Å². The van der Waals surface area contributed by atoms with Crippen LogP contribution in [0.3, 0.4) is 0 Å². The maximum atomic E-state index is 9.33. The lowest BCUT2D eigenvalue weighted by atomic mass is 10.7. The summed E-state index contributed by atoms with van der Waals surface area (Å²) in [5, 5.41) is 9.33. The minimum Gasteiger partial charge on any atom is -0.636 e. The Morgan fingerprint density at radius 2 is 2.33 bits per heavy atom. The highest BCUT2D eigenvalue weighted by atomic mass is 16.5. The Hall–Kier alpha value is -0.380. The van der Waals surface area contributed by atoms with E-state index >= 15 is 0 Å². The van der Waals surface area contributed by atoms with Crippen molar-refractivity contribution in [3.63, 3.8) is 0 Å². The summed E-state index contributed by atoms with van der Waals surface area (Å²) in [7, 11) is 0. The average molecular weight is 91.1 g/mol. The number of quaternary nitrogens is 1. The normalized spacial score (nSPS) is 6.17. The lowest BCUT2D eigenvalue weighted by molar-refractivity contribution is -0.578. The minimum atomic E-state index is 0. The fraction of sp³-hybridized carbons (Fsp3) is 0.333. The molecule has 0 saturated carbocycles. The first-order valence-corrected chi connectivity index (χ1v) is 1.46. The Balaban J connectivity index is 0. The largest absolute Gasteiger partial charge is 0.636 e. The van der Waals surface area contributed by atoms with Gasteiger partial charge in [0.2, 0.25) is 0 Å². The molecule has 0 unspecified atom stereocenters. The van der Waals surface area contributed by atoms with E-state index in [0.717, 1.165) is 5.48 Å². The van der Waals surface area contributed by atoms with Crippen LogP contribution in [0, 0.1) is 5.21 Å². The van der Waals surface area contributed by atoms with Crippen LogP contribution < -0.4 is 5.48 Å². The number of hydrogen-bond donors (Lipinski definition) is 1. The summed E-state index contributed by atoms with van der Waals surface area (Å²) in [5.74, 6) is 0. The Labute approximate surface area is 36.6 Å². The van der Waals surface area contributed by atoms with Crippen LogP contribution in [0.15, 0.2) is 12.7 Å². The standard InChI is InChI=1S/C3H7NO.H2O/c1-2-3-4-5;/h2H,1,3-4H2;1H2. The molecule has 6 heavy (non-hydrogen) atoms.